The number of carbonyl (C=O) groups excluding carboxylic acids is 1. The van der Waals surface area contributed by atoms with Crippen LogP contribution in [0.4, 0.5) is 0 Å². The standard InChI is InChI=1S/C17H18N4OS/c1-3-13-9-14(16(22)12-7-5-4-6-8-12)17(23-13)21-11(2)19-20-15(21)10-18/h4-9H,3,10,18H2,1-2H3. The van der Waals surface area contributed by atoms with E-state index in [1.807, 2.05) is 47.9 Å². The lowest BCUT2D eigenvalue weighted by atomic mass is 10.0. The highest BCUT2D eigenvalue weighted by Crippen LogP contribution is 2.30. The zero-order valence-corrected chi connectivity index (χ0v) is 13.9. The van der Waals surface area contributed by atoms with Crippen molar-refractivity contribution in [3.8, 4) is 5.00 Å². The maximum absolute atomic E-state index is 12.9. The van der Waals surface area contributed by atoms with Crippen molar-refractivity contribution in [1.82, 2.24) is 14.8 Å². The van der Waals surface area contributed by atoms with Gasteiger partial charge < -0.3 is 5.73 Å². The van der Waals surface area contributed by atoms with Crippen LogP contribution in [0.3, 0.4) is 0 Å². The normalized spacial score (nSPS) is 10.9. The van der Waals surface area contributed by atoms with Gasteiger partial charge in [-0.2, -0.15) is 0 Å². The fourth-order valence-electron chi connectivity index (χ4n) is 2.48. The van der Waals surface area contributed by atoms with Crippen LogP contribution in [-0.4, -0.2) is 20.5 Å². The van der Waals surface area contributed by atoms with E-state index in [0.29, 0.717) is 17.0 Å². The molecule has 0 radical (unpaired) electrons. The topological polar surface area (TPSA) is 73.8 Å². The maximum atomic E-state index is 12.9. The van der Waals surface area contributed by atoms with E-state index in [2.05, 4.69) is 17.1 Å². The Morgan fingerprint density at radius 3 is 2.65 bits per heavy atom. The SMILES string of the molecule is CCc1cc(C(=O)c2ccccc2)c(-n2c(C)nnc2CN)s1. The van der Waals surface area contributed by atoms with Gasteiger partial charge in [-0.05, 0) is 19.4 Å². The van der Waals surface area contributed by atoms with Crippen molar-refractivity contribution in [2.75, 3.05) is 0 Å². The number of aryl methyl sites for hydroxylation is 2. The molecule has 0 saturated carbocycles. The molecular formula is C17H18N4OS. The van der Waals surface area contributed by atoms with Crippen LogP contribution in [0.5, 0.6) is 0 Å². The molecule has 2 aromatic heterocycles. The van der Waals surface area contributed by atoms with Crippen LogP contribution >= 0.6 is 11.3 Å². The van der Waals surface area contributed by atoms with Crippen molar-refractivity contribution >= 4 is 17.1 Å². The molecule has 0 fully saturated rings. The smallest absolute Gasteiger partial charge is 0.196 e. The van der Waals surface area contributed by atoms with E-state index in [-0.39, 0.29) is 12.3 Å². The fourth-order valence-corrected chi connectivity index (χ4v) is 3.64. The van der Waals surface area contributed by atoms with Gasteiger partial charge in [0, 0.05) is 10.4 Å². The van der Waals surface area contributed by atoms with Crippen LogP contribution in [0, 0.1) is 6.92 Å². The molecule has 3 rings (SSSR count). The first-order chi connectivity index (χ1) is 11.2. The Morgan fingerprint density at radius 1 is 1.26 bits per heavy atom. The Bertz CT molecular complexity index is 836. The van der Waals surface area contributed by atoms with E-state index in [0.717, 1.165) is 22.1 Å². The summed E-state index contributed by atoms with van der Waals surface area (Å²) >= 11 is 1.59. The van der Waals surface area contributed by atoms with E-state index in [1.165, 1.54) is 0 Å². The first kappa shape index (κ1) is 15.6. The van der Waals surface area contributed by atoms with Gasteiger partial charge >= 0.3 is 0 Å². The van der Waals surface area contributed by atoms with E-state index < -0.39 is 0 Å². The minimum Gasteiger partial charge on any atom is -0.324 e. The summed E-state index contributed by atoms with van der Waals surface area (Å²) in [4.78, 5) is 14.1. The minimum atomic E-state index is 0.00706. The summed E-state index contributed by atoms with van der Waals surface area (Å²) in [6.45, 7) is 4.22. The van der Waals surface area contributed by atoms with Gasteiger partial charge in [-0.3, -0.25) is 9.36 Å². The summed E-state index contributed by atoms with van der Waals surface area (Å²) in [5, 5.41) is 9.05. The molecule has 0 atom stereocenters. The molecule has 0 aliphatic rings. The fraction of sp³-hybridized carbons (Fsp3) is 0.235. The molecular weight excluding hydrogens is 308 g/mol. The molecule has 0 bridgehead atoms. The number of nitrogens with zero attached hydrogens (tertiary/aromatic N) is 3. The number of aromatic nitrogens is 3. The van der Waals surface area contributed by atoms with Crippen LogP contribution in [0.15, 0.2) is 36.4 Å². The van der Waals surface area contributed by atoms with Crippen molar-refractivity contribution in [1.29, 1.82) is 0 Å². The molecule has 0 aliphatic carbocycles. The number of hydrogen-bond acceptors (Lipinski definition) is 5. The number of nitrogens with two attached hydrogens (primary N) is 1. The average molecular weight is 326 g/mol. The van der Waals surface area contributed by atoms with Gasteiger partial charge in [0.15, 0.2) is 11.6 Å². The second kappa shape index (κ2) is 6.44. The minimum absolute atomic E-state index is 0.00706. The van der Waals surface area contributed by atoms with Gasteiger partial charge in [-0.15, -0.1) is 21.5 Å². The Morgan fingerprint density at radius 2 is 2.00 bits per heavy atom. The molecule has 1 aromatic carbocycles. The summed E-state index contributed by atoms with van der Waals surface area (Å²) in [5.74, 6) is 1.40. The second-order valence-electron chi connectivity index (χ2n) is 5.18. The highest BCUT2D eigenvalue weighted by molar-refractivity contribution is 7.15. The van der Waals surface area contributed by atoms with Crippen LogP contribution in [0.2, 0.25) is 0 Å². The number of carbonyl (C=O) groups is 1. The third kappa shape index (κ3) is 2.83. The quantitative estimate of drug-likeness (QED) is 0.732. The first-order valence-electron chi connectivity index (χ1n) is 7.49. The molecule has 0 spiro atoms. The lowest BCUT2D eigenvalue weighted by Gasteiger charge is -2.08. The lowest BCUT2D eigenvalue weighted by molar-refractivity contribution is 0.103. The van der Waals surface area contributed by atoms with Gasteiger partial charge in [0.1, 0.15) is 10.8 Å². The first-order valence-corrected chi connectivity index (χ1v) is 8.31. The van der Waals surface area contributed by atoms with Crippen molar-refractivity contribution in [3.63, 3.8) is 0 Å². The Labute approximate surface area is 138 Å². The van der Waals surface area contributed by atoms with Gasteiger partial charge in [0.05, 0.1) is 12.1 Å². The highest BCUT2D eigenvalue weighted by Gasteiger charge is 2.21. The van der Waals surface area contributed by atoms with Crippen molar-refractivity contribution in [3.05, 3.63) is 64.1 Å². The molecule has 3 aromatic rings. The van der Waals surface area contributed by atoms with E-state index in [1.54, 1.807) is 11.3 Å². The Kier molecular flexibility index (Phi) is 4.36. The number of hydrogen-bond donors (Lipinski definition) is 1. The zero-order valence-electron chi connectivity index (χ0n) is 13.1. The molecule has 118 valence electrons. The van der Waals surface area contributed by atoms with Crippen LogP contribution in [0.25, 0.3) is 5.00 Å². The van der Waals surface area contributed by atoms with Gasteiger partial charge in [-0.1, -0.05) is 37.3 Å². The Balaban J connectivity index is 2.17. The molecule has 0 amide bonds. The molecule has 0 unspecified atom stereocenters. The second-order valence-corrected chi connectivity index (χ2v) is 6.30. The Hall–Kier alpha value is -2.31. The van der Waals surface area contributed by atoms with Crippen LogP contribution in [0.1, 0.15) is 39.4 Å². The maximum Gasteiger partial charge on any atom is 0.196 e. The number of benzene rings is 1. The van der Waals surface area contributed by atoms with Crippen LogP contribution in [-0.2, 0) is 13.0 Å². The zero-order chi connectivity index (χ0) is 16.4. The van der Waals surface area contributed by atoms with Crippen molar-refractivity contribution < 1.29 is 4.79 Å². The summed E-state index contributed by atoms with van der Waals surface area (Å²) in [6.07, 6.45) is 0.874. The number of ketones is 1. The van der Waals surface area contributed by atoms with E-state index in [4.69, 9.17) is 5.73 Å². The molecule has 0 saturated heterocycles. The molecule has 0 aliphatic heterocycles. The van der Waals surface area contributed by atoms with Gasteiger partial charge in [0.2, 0.25) is 0 Å². The molecule has 5 nitrogen and oxygen atoms in total. The number of thiophene rings is 1. The summed E-state index contributed by atoms with van der Waals surface area (Å²) in [5.41, 5.74) is 7.13. The third-order valence-corrected chi connectivity index (χ3v) is 4.93. The monoisotopic (exact) mass is 326 g/mol. The lowest BCUT2D eigenvalue weighted by Crippen LogP contribution is -2.10. The predicted molar refractivity (Wildman–Crippen MR) is 91.1 cm³/mol. The van der Waals surface area contributed by atoms with E-state index in [9.17, 15) is 4.79 Å². The summed E-state index contributed by atoms with van der Waals surface area (Å²) in [6, 6.07) is 11.3. The number of rotatable bonds is 5. The highest BCUT2D eigenvalue weighted by atomic mass is 32.1. The molecule has 23 heavy (non-hydrogen) atoms. The average Bonchev–Trinajstić information content (AvgIpc) is 3.17. The van der Waals surface area contributed by atoms with Crippen LogP contribution < -0.4 is 5.73 Å². The van der Waals surface area contributed by atoms with Gasteiger partial charge in [-0.25, -0.2) is 0 Å². The predicted octanol–water partition coefficient (Wildman–Crippen LogP) is 2.89. The van der Waals surface area contributed by atoms with Crippen molar-refractivity contribution in [2.45, 2.75) is 26.8 Å². The molecule has 6 heteroatoms. The third-order valence-electron chi connectivity index (χ3n) is 3.67. The van der Waals surface area contributed by atoms with Gasteiger partial charge in [0.25, 0.3) is 0 Å². The summed E-state index contributed by atoms with van der Waals surface area (Å²) in [7, 11) is 0. The molecule has 2 N–H and O–H groups in total. The summed E-state index contributed by atoms with van der Waals surface area (Å²) < 4.78 is 1.89. The molecule has 2 heterocycles. The van der Waals surface area contributed by atoms with E-state index >= 15 is 0 Å². The largest absolute Gasteiger partial charge is 0.324 e. The van der Waals surface area contributed by atoms with Crippen molar-refractivity contribution in [2.24, 2.45) is 5.73 Å².